The highest BCUT2D eigenvalue weighted by molar-refractivity contribution is 5.91. The normalized spacial score (nSPS) is 36.3. The lowest BCUT2D eigenvalue weighted by atomic mass is 9.88. The first-order chi connectivity index (χ1) is 8.49. The first-order valence-corrected chi connectivity index (χ1v) is 6.41. The Morgan fingerprint density at radius 2 is 2.17 bits per heavy atom. The van der Waals surface area contributed by atoms with Crippen LogP contribution in [0.3, 0.4) is 0 Å². The maximum Gasteiger partial charge on any atom is 0.334 e. The fourth-order valence-electron chi connectivity index (χ4n) is 2.47. The minimum absolute atomic E-state index is 0.0427. The van der Waals surface area contributed by atoms with Crippen molar-refractivity contribution in [2.24, 2.45) is 5.92 Å². The van der Waals surface area contributed by atoms with E-state index in [1.54, 1.807) is 0 Å². The Kier molecular flexibility index (Phi) is 3.71. The Balaban J connectivity index is 2.29. The summed E-state index contributed by atoms with van der Waals surface area (Å²) < 4.78 is 5.32. The summed E-state index contributed by atoms with van der Waals surface area (Å²) in [6.45, 7) is 7.76. The van der Waals surface area contributed by atoms with Crippen LogP contribution in [-0.2, 0) is 9.53 Å². The average molecular weight is 248 g/mol. The van der Waals surface area contributed by atoms with Gasteiger partial charge in [0.25, 0.3) is 0 Å². The molecule has 1 fully saturated rings. The van der Waals surface area contributed by atoms with Crippen LogP contribution in [0.2, 0.25) is 0 Å². The molecule has 2 aliphatic rings. The zero-order valence-corrected chi connectivity index (χ0v) is 11.0. The van der Waals surface area contributed by atoms with E-state index in [1.807, 2.05) is 13.0 Å². The first-order valence-electron chi connectivity index (χ1n) is 6.41. The third-order valence-corrected chi connectivity index (χ3v) is 3.84. The molecule has 98 valence electrons. The SMILES string of the molecule is C=C1C(=O)O[C@@H]2/C=C(\C)[C@@H](O)CC=C(C)CC[C@@H]12. The number of hydrogen-bond donors (Lipinski definition) is 1. The van der Waals surface area contributed by atoms with Crippen molar-refractivity contribution in [3.63, 3.8) is 0 Å². The Morgan fingerprint density at radius 3 is 2.89 bits per heavy atom. The molecule has 2 rings (SSSR count). The number of ether oxygens (including phenoxy) is 1. The van der Waals surface area contributed by atoms with E-state index < -0.39 is 6.10 Å². The molecule has 0 aromatic rings. The van der Waals surface area contributed by atoms with Gasteiger partial charge in [0.1, 0.15) is 6.10 Å². The highest BCUT2D eigenvalue weighted by atomic mass is 16.5. The zero-order valence-electron chi connectivity index (χ0n) is 11.0. The largest absolute Gasteiger partial charge is 0.454 e. The van der Waals surface area contributed by atoms with Gasteiger partial charge in [0.05, 0.1) is 6.10 Å². The van der Waals surface area contributed by atoms with Crippen LogP contribution in [0.15, 0.2) is 35.5 Å². The molecule has 0 aromatic carbocycles. The minimum atomic E-state index is -0.494. The van der Waals surface area contributed by atoms with E-state index >= 15 is 0 Å². The van der Waals surface area contributed by atoms with Crippen LogP contribution in [-0.4, -0.2) is 23.3 Å². The molecule has 0 bridgehead atoms. The van der Waals surface area contributed by atoms with Gasteiger partial charge in [-0.3, -0.25) is 0 Å². The molecule has 0 amide bonds. The van der Waals surface area contributed by atoms with Gasteiger partial charge in [0, 0.05) is 11.5 Å². The van der Waals surface area contributed by atoms with Crippen LogP contribution in [0, 0.1) is 5.92 Å². The van der Waals surface area contributed by atoms with Crippen molar-refractivity contribution in [2.45, 2.75) is 45.3 Å². The lowest BCUT2D eigenvalue weighted by Gasteiger charge is -2.19. The number of hydrogen-bond acceptors (Lipinski definition) is 3. The minimum Gasteiger partial charge on any atom is -0.454 e. The first kappa shape index (κ1) is 13.1. The van der Waals surface area contributed by atoms with Crippen molar-refractivity contribution >= 4 is 5.97 Å². The summed E-state index contributed by atoms with van der Waals surface area (Å²) in [7, 11) is 0. The molecular weight excluding hydrogens is 228 g/mol. The second kappa shape index (κ2) is 5.11. The zero-order chi connectivity index (χ0) is 13.3. The maximum atomic E-state index is 11.6. The van der Waals surface area contributed by atoms with Crippen molar-refractivity contribution in [3.05, 3.63) is 35.5 Å². The Hall–Kier alpha value is -1.35. The van der Waals surface area contributed by atoms with Gasteiger partial charge in [0.2, 0.25) is 0 Å². The molecular formula is C15H20O3. The number of esters is 1. The Labute approximate surface area is 108 Å². The van der Waals surface area contributed by atoms with Gasteiger partial charge in [-0.25, -0.2) is 4.79 Å². The van der Waals surface area contributed by atoms with Gasteiger partial charge in [-0.15, -0.1) is 0 Å². The van der Waals surface area contributed by atoms with E-state index in [0.717, 1.165) is 18.4 Å². The standard InChI is InChI=1S/C15H20O3/c1-9-4-6-12-11(3)15(17)18-14(12)8-10(2)13(16)7-5-9/h5,8,12-14,16H,3-4,6-7H2,1-2H3/b9-5?,10-8+/t12-,13-,14+/m0/s1. The number of aliphatic hydroxyl groups excluding tert-OH is 1. The molecule has 1 heterocycles. The molecule has 3 nitrogen and oxygen atoms in total. The second-order valence-corrected chi connectivity index (χ2v) is 5.25. The van der Waals surface area contributed by atoms with Crippen LogP contribution in [0.1, 0.15) is 33.1 Å². The molecule has 18 heavy (non-hydrogen) atoms. The van der Waals surface area contributed by atoms with E-state index in [4.69, 9.17) is 4.74 Å². The van der Waals surface area contributed by atoms with E-state index in [9.17, 15) is 9.90 Å². The smallest absolute Gasteiger partial charge is 0.334 e. The molecule has 1 aliphatic carbocycles. The molecule has 3 heteroatoms. The van der Waals surface area contributed by atoms with Gasteiger partial charge in [-0.2, -0.15) is 0 Å². The molecule has 0 aromatic heterocycles. The highest BCUT2D eigenvalue weighted by Crippen LogP contribution is 2.34. The van der Waals surface area contributed by atoms with Gasteiger partial charge in [-0.1, -0.05) is 18.2 Å². The fourth-order valence-corrected chi connectivity index (χ4v) is 2.47. The molecule has 0 radical (unpaired) electrons. The van der Waals surface area contributed by atoms with Crippen LogP contribution < -0.4 is 0 Å². The van der Waals surface area contributed by atoms with Crippen LogP contribution in [0.5, 0.6) is 0 Å². The van der Waals surface area contributed by atoms with Crippen molar-refractivity contribution < 1.29 is 14.6 Å². The van der Waals surface area contributed by atoms with Crippen molar-refractivity contribution in [3.8, 4) is 0 Å². The predicted octanol–water partition coefficient (Wildman–Crippen LogP) is 2.52. The van der Waals surface area contributed by atoms with E-state index in [-0.39, 0.29) is 18.0 Å². The molecule has 1 saturated heterocycles. The van der Waals surface area contributed by atoms with Crippen molar-refractivity contribution in [2.75, 3.05) is 0 Å². The molecule has 1 aliphatic heterocycles. The quantitative estimate of drug-likeness (QED) is 0.407. The molecule has 0 unspecified atom stereocenters. The lowest BCUT2D eigenvalue weighted by molar-refractivity contribution is -0.137. The highest BCUT2D eigenvalue weighted by Gasteiger charge is 2.37. The van der Waals surface area contributed by atoms with Gasteiger partial charge >= 0.3 is 5.97 Å². The Morgan fingerprint density at radius 1 is 1.44 bits per heavy atom. The third kappa shape index (κ3) is 2.56. The number of carbonyl (C=O) groups excluding carboxylic acids is 1. The summed E-state index contributed by atoms with van der Waals surface area (Å²) in [4.78, 5) is 11.6. The number of allylic oxidation sites excluding steroid dienone is 1. The van der Waals surface area contributed by atoms with Gasteiger partial charge in [-0.05, 0) is 44.8 Å². The monoisotopic (exact) mass is 248 g/mol. The topological polar surface area (TPSA) is 46.5 Å². The van der Waals surface area contributed by atoms with Gasteiger partial charge in [0.15, 0.2) is 0 Å². The van der Waals surface area contributed by atoms with Crippen LogP contribution in [0.4, 0.5) is 0 Å². The number of fused-ring (bicyclic) bond motifs is 1. The van der Waals surface area contributed by atoms with E-state index in [0.29, 0.717) is 12.0 Å². The van der Waals surface area contributed by atoms with Crippen LogP contribution in [0.25, 0.3) is 0 Å². The Bertz CT molecular complexity index is 431. The second-order valence-electron chi connectivity index (χ2n) is 5.25. The lowest BCUT2D eigenvalue weighted by Crippen LogP contribution is -2.18. The van der Waals surface area contributed by atoms with E-state index in [2.05, 4.69) is 19.6 Å². The number of rotatable bonds is 0. The number of carbonyl (C=O) groups is 1. The average Bonchev–Trinajstić information content (AvgIpc) is 2.59. The van der Waals surface area contributed by atoms with E-state index in [1.165, 1.54) is 5.57 Å². The summed E-state index contributed by atoms with van der Waals surface area (Å²) in [5, 5.41) is 9.99. The molecule has 0 spiro atoms. The fraction of sp³-hybridized carbons (Fsp3) is 0.533. The summed E-state index contributed by atoms with van der Waals surface area (Å²) in [5.41, 5.74) is 2.67. The summed E-state index contributed by atoms with van der Waals surface area (Å²) >= 11 is 0. The van der Waals surface area contributed by atoms with Gasteiger partial charge < -0.3 is 9.84 Å². The summed E-state index contributed by atoms with van der Waals surface area (Å²) in [6.07, 6.45) is 5.61. The van der Waals surface area contributed by atoms with Crippen molar-refractivity contribution in [1.29, 1.82) is 0 Å². The molecule has 3 atom stereocenters. The van der Waals surface area contributed by atoms with Crippen LogP contribution >= 0.6 is 0 Å². The molecule has 0 saturated carbocycles. The van der Waals surface area contributed by atoms with Crippen molar-refractivity contribution in [1.82, 2.24) is 0 Å². The predicted molar refractivity (Wildman–Crippen MR) is 69.9 cm³/mol. The third-order valence-electron chi connectivity index (χ3n) is 3.84. The maximum absolute atomic E-state index is 11.6. The summed E-state index contributed by atoms with van der Waals surface area (Å²) in [6, 6.07) is 0. The molecule has 1 N–H and O–H groups in total. The summed E-state index contributed by atoms with van der Waals surface area (Å²) in [5.74, 6) is -0.259. The number of aliphatic hydroxyl groups is 1.